The minimum absolute atomic E-state index is 0.741. The Labute approximate surface area is 154 Å². The van der Waals surface area contributed by atoms with Gasteiger partial charge in [-0.2, -0.15) is 0 Å². The number of hydrogen-bond acceptors (Lipinski definition) is 5. The van der Waals surface area contributed by atoms with Crippen LogP contribution in [0.2, 0.25) is 0 Å². The fourth-order valence-corrected chi connectivity index (χ4v) is 3.30. The molecule has 0 radical (unpaired) electrons. The zero-order chi connectivity index (χ0) is 17.8. The van der Waals surface area contributed by atoms with Crippen molar-refractivity contribution in [3.63, 3.8) is 0 Å². The fourth-order valence-electron chi connectivity index (χ4n) is 3.30. The van der Waals surface area contributed by atoms with Crippen LogP contribution >= 0.6 is 0 Å². The maximum atomic E-state index is 5.43. The number of anilines is 1. The van der Waals surface area contributed by atoms with Gasteiger partial charge in [0.1, 0.15) is 5.82 Å². The maximum Gasteiger partial charge on any atom is 0.148 e. The van der Waals surface area contributed by atoms with E-state index in [1.165, 1.54) is 11.1 Å². The number of fused-ring (bicyclic) bond motifs is 1. The second-order valence-corrected chi connectivity index (χ2v) is 6.71. The highest BCUT2D eigenvalue weighted by atomic mass is 16.5. The third kappa shape index (κ3) is 4.00. The van der Waals surface area contributed by atoms with Crippen molar-refractivity contribution in [2.24, 2.45) is 0 Å². The largest absolute Gasteiger partial charge is 0.379 e. The summed E-state index contributed by atoms with van der Waals surface area (Å²) in [5.74, 6) is 0.849. The highest BCUT2D eigenvalue weighted by Crippen LogP contribution is 2.17. The summed E-state index contributed by atoms with van der Waals surface area (Å²) in [6.45, 7) is 7.40. The van der Waals surface area contributed by atoms with Crippen molar-refractivity contribution in [2.75, 3.05) is 31.6 Å². The Kier molecular flexibility index (Phi) is 5.09. The van der Waals surface area contributed by atoms with E-state index in [2.05, 4.69) is 39.5 Å². The molecule has 2 heterocycles. The summed E-state index contributed by atoms with van der Waals surface area (Å²) >= 11 is 0. The van der Waals surface area contributed by atoms with Gasteiger partial charge in [-0.3, -0.25) is 4.90 Å². The lowest BCUT2D eigenvalue weighted by Crippen LogP contribution is -2.35. The molecule has 0 amide bonds. The number of rotatable bonds is 5. The number of nitrogens with zero attached hydrogens (tertiary/aromatic N) is 3. The van der Waals surface area contributed by atoms with Crippen molar-refractivity contribution in [1.82, 2.24) is 14.9 Å². The molecule has 0 unspecified atom stereocenters. The van der Waals surface area contributed by atoms with E-state index >= 15 is 0 Å². The van der Waals surface area contributed by atoms with Gasteiger partial charge in [-0.1, -0.05) is 36.4 Å². The molecule has 1 saturated heterocycles. The second-order valence-electron chi connectivity index (χ2n) is 6.71. The van der Waals surface area contributed by atoms with Crippen LogP contribution in [-0.2, 0) is 17.8 Å². The molecule has 2 aromatic carbocycles. The number of para-hydroxylation sites is 2. The van der Waals surface area contributed by atoms with Gasteiger partial charge in [-0.05, 0) is 30.2 Å². The molecule has 0 bridgehead atoms. The molecule has 5 nitrogen and oxygen atoms in total. The first-order valence-corrected chi connectivity index (χ1v) is 9.13. The highest BCUT2D eigenvalue weighted by molar-refractivity contribution is 5.76. The first-order valence-electron chi connectivity index (χ1n) is 9.13. The number of aryl methyl sites for hydroxylation is 1. The zero-order valence-corrected chi connectivity index (χ0v) is 15.1. The Morgan fingerprint density at radius 1 is 0.962 bits per heavy atom. The van der Waals surface area contributed by atoms with Gasteiger partial charge in [0.15, 0.2) is 0 Å². The average Bonchev–Trinajstić information content (AvgIpc) is 2.67. The van der Waals surface area contributed by atoms with Crippen LogP contribution in [0.5, 0.6) is 0 Å². The Morgan fingerprint density at radius 3 is 2.50 bits per heavy atom. The molecular formula is C21H24N4O. The van der Waals surface area contributed by atoms with E-state index in [9.17, 15) is 0 Å². The van der Waals surface area contributed by atoms with Crippen LogP contribution in [0.15, 0.2) is 48.5 Å². The Morgan fingerprint density at radius 2 is 1.69 bits per heavy atom. The van der Waals surface area contributed by atoms with E-state index in [1.54, 1.807) is 0 Å². The summed E-state index contributed by atoms with van der Waals surface area (Å²) in [6, 6.07) is 16.7. The molecule has 0 saturated carbocycles. The predicted octanol–water partition coefficient (Wildman–Crippen LogP) is 3.38. The lowest BCUT2D eigenvalue weighted by Gasteiger charge is -2.26. The molecule has 1 aliphatic rings. The van der Waals surface area contributed by atoms with E-state index in [0.717, 1.165) is 61.9 Å². The van der Waals surface area contributed by atoms with Gasteiger partial charge in [0.2, 0.25) is 0 Å². The predicted molar refractivity (Wildman–Crippen MR) is 104 cm³/mol. The molecule has 4 rings (SSSR count). The summed E-state index contributed by atoms with van der Waals surface area (Å²) in [4.78, 5) is 11.8. The molecule has 1 fully saturated rings. The fraction of sp³-hybridized carbons (Fsp3) is 0.333. The molecule has 3 aromatic rings. The van der Waals surface area contributed by atoms with Crippen molar-refractivity contribution in [3.8, 4) is 0 Å². The normalized spacial score (nSPS) is 15.3. The molecule has 1 N–H and O–H groups in total. The Hall–Kier alpha value is -2.50. The molecule has 0 aliphatic carbocycles. The van der Waals surface area contributed by atoms with Crippen LogP contribution in [0.3, 0.4) is 0 Å². The number of morpholine rings is 1. The van der Waals surface area contributed by atoms with Crippen LogP contribution in [-0.4, -0.2) is 41.2 Å². The van der Waals surface area contributed by atoms with Crippen LogP contribution in [0.4, 0.5) is 5.82 Å². The van der Waals surface area contributed by atoms with Crippen LogP contribution in [0.25, 0.3) is 11.0 Å². The van der Waals surface area contributed by atoms with E-state index in [1.807, 2.05) is 31.2 Å². The number of aromatic nitrogens is 2. The number of ether oxygens (including phenoxy) is 1. The van der Waals surface area contributed by atoms with Gasteiger partial charge >= 0.3 is 0 Å². The van der Waals surface area contributed by atoms with E-state index in [-0.39, 0.29) is 0 Å². The molecule has 1 aliphatic heterocycles. The number of nitrogens with one attached hydrogen (secondary N) is 1. The molecule has 1 aromatic heterocycles. The van der Waals surface area contributed by atoms with Crippen LogP contribution in [0, 0.1) is 6.92 Å². The molecule has 5 heteroatoms. The molecule has 134 valence electrons. The average molecular weight is 348 g/mol. The highest BCUT2D eigenvalue weighted by Gasteiger charge is 2.11. The standard InChI is InChI=1S/C21H24N4O/c1-16-21(24-20-8-3-2-7-19(20)23-16)22-14-17-5-4-6-18(13-17)15-25-9-11-26-12-10-25/h2-8,13H,9-12,14-15H2,1H3,(H,22,24). The maximum absolute atomic E-state index is 5.43. The van der Waals surface area contributed by atoms with Gasteiger partial charge in [0.25, 0.3) is 0 Å². The number of benzene rings is 2. The first-order chi connectivity index (χ1) is 12.8. The van der Waals surface area contributed by atoms with Gasteiger partial charge in [-0.15, -0.1) is 0 Å². The van der Waals surface area contributed by atoms with Crippen molar-refractivity contribution in [1.29, 1.82) is 0 Å². The molecular weight excluding hydrogens is 324 g/mol. The van der Waals surface area contributed by atoms with Crippen LogP contribution in [0.1, 0.15) is 16.8 Å². The minimum Gasteiger partial charge on any atom is -0.379 e. The summed E-state index contributed by atoms with van der Waals surface area (Å²) in [5.41, 5.74) is 5.37. The third-order valence-corrected chi connectivity index (χ3v) is 4.71. The lowest BCUT2D eigenvalue weighted by atomic mass is 10.1. The van der Waals surface area contributed by atoms with Gasteiger partial charge < -0.3 is 10.1 Å². The van der Waals surface area contributed by atoms with E-state index in [4.69, 9.17) is 9.72 Å². The SMILES string of the molecule is Cc1nc2ccccc2nc1NCc1cccc(CN2CCOCC2)c1. The minimum atomic E-state index is 0.741. The van der Waals surface area contributed by atoms with Crippen LogP contribution < -0.4 is 5.32 Å². The van der Waals surface area contributed by atoms with E-state index in [0.29, 0.717) is 0 Å². The van der Waals surface area contributed by atoms with Crippen molar-refractivity contribution in [3.05, 3.63) is 65.4 Å². The van der Waals surface area contributed by atoms with Crippen molar-refractivity contribution >= 4 is 16.9 Å². The molecule has 26 heavy (non-hydrogen) atoms. The summed E-state index contributed by atoms with van der Waals surface area (Å²) in [5, 5.41) is 3.45. The lowest BCUT2D eigenvalue weighted by molar-refractivity contribution is 0.0342. The Balaban J connectivity index is 1.44. The van der Waals surface area contributed by atoms with Gasteiger partial charge in [0, 0.05) is 26.2 Å². The van der Waals surface area contributed by atoms with Gasteiger partial charge in [-0.25, -0.2) is 9.97 Å². The van der Waals surface area contributed by atoms with Crippen molar-refractivity contribution in [2.45, 2.75) is 20.0 Å². The number of hydrogen-bond donors (Lipinski definition) is 1. The molecule has 0 atom stereocenters. The third-order valence-electron chi connectivity index (χ3n) is 4.71. The smallest absolute Gasteiger partial charge is 0.148 e. The summed E-state index contributed by atoms with van der Waals surface area (Å²) in [6.07, 6.45) is 0. The second kappa shape index (κ2) is 7.81. The zero-order valence-electron chi connectivity index (χ0n) is 15.1. The topological polar surface area (TPSA) is 50.3 Å². The summed E-state index contributed by atoms with van der Waals surface area (Å²) in [7, 11) is 0. The van der Waals surface area contributed by atoms with Crippen molar-refractivity contribution < 1.29 is 4.74 Å². The monoisotopic (exact) mass is 348 g/mol. The van der Waals surface area contributed by atoms with E-state index < -0.39 is 0 Å². The Bertz CT molecular complexity index is 890. The summed E-state index contributed by atoms with van der Waals surface area (Å²) < 4.78 is 5.43. The van der Waals surface area contributed by atoms with Gasteiger partial charge in [0.05, 0.1) is 29.9 Å². The quantitative estimate of drug-likeness (QED) is 0.766. The molecule has 0 spiro atoms. The first kappa shape index (κ1) is 16.9.